The van der Waals surface area contributed by atoms with Crippen LogP contribution in [0.2, 0.25) is 0 Å². The molecule has 1 fully saturated rings. The minimum Gasteiger partial charge on any atom is -0.481 e. The largest absolute Gasteiger partial charge is 0.481 e. The maximum atomic E-state index is 10.7. The van der Waals surface area contributed by atoms with Gasteiger partial charge in [0.05, 0.1) is 12.2 Å². The normalized spacial score (nSPS) is 19.5. The van der Waals surface area contributed by atoms with Crippen molar-refractivity contribution in [3.8, 4) is 0 Å². The average molecular weight is 313 g/mol. The van der Waals surface area contributed by atoms with E-state index in [1.807, 2.05) is 0 Å². The zero-order chi connectivity index (χ0) is 15.2. The van der Waals surface area contributed by atoms with E-state index in [1.165, 1.54) is 6.07 Å². The summed E-state index contributed by atoms with van der Waals surface area (Å²) in [5, 5.41) is 18.0. The second-order valence-corrected chi connectivity index (χ2v) is 6.38. The standard InChI is InChI=1S/C14H19NO5S/c16-13(17)5-7-15-6-1-2-11(8-15)21-9-10-3-4-12(20-10)14(18)19/h3-4,11H,1-2,5-9H2,(H,16,17)(H,18,19). The Morgan fingerprint density at radius 2 is 2.19 bits per heavy atom. The second-order valence-electron chi connectivity index (χ2n) is 5.09. The van der Waals surface area contributed by atoms with Gasteiger partial charge in [-0.2, -0.15) is 0 Å². The Morgan fingerprint density at radius 1 is 1.38 bits per heavy atom. The average Bonchev–Trinajstić information content (AvgIpc) is 2.92. The SMILES string of the molecule is O=C(O)CCN1CCCC(SCc2ccc(C(=O)O)o2)C1. The number of likely N-dealkylation sites (tertiary alicyclic amines) is 1. The summed E-state index contributed by atoms with van der Waals surface area (Å²) < 4.78 is 5.23. The van der Waals surface area contributed by atoms with Crippen molar-refractivity contribution in [3.05, 3.63) is 23.7 Å². The minimum atomic E-state index is -1.05. The van der Waals surface area contributed by atoms with Crippen LogP contribution in [-0.4, -0.2) is 51.9 Å². The van der Waals surface area contributed by atoms with Crippen molar-refractivity contribution in [2.75, 3.05) is 19.6 Å². The summed E-state index contributed by atoms with van der Waals surface area (Å²) in [5.74, 6) is -0.534. The van der Waals surface area contributed by atoms with Crippen molar-refractivity contribution in [3.63, 3.8) is 0 Å². The molecule has 1 saturated heterocycles. The van der Waals surface area contributed by atoms with E-state index < -0.39 is 11.9 Å². The fourth-order valence-corrected chi connectivity index (χ4v) is 3.58. The third kappa shape index (κ3) is 5.09. The molecule has 7 heteroatoms. The number of hydrogen-bond donors (Lipinski definition) is 2. The summed E-state index contributed by atoms with van der Waals surface area (Å²) in [6, 6.07) is 3.17. The molecule has 2 N–H and O–H groups in total. The van der Waals surface area contributed by atoms with E-state index >= 15 is 0 Å². The van der Waals surface area contributed by atoms with Gasteiger partial charge >= 0.3 is 11.9 Å². The predicted octanol–water partition coefficient (Wildman–Crippen LogP) is 2.15. The van der Waals surface area contributed by atoms with Crippen LogP contribution in [-0.2, 0) is 10.5 Å². The minimum absolute atomic E-state index is 0.0303. The molecule has 0 spiro atoms. The highest BCUT2D eigenvalue weighted by molar-refractivity contribution is 7.99. The molecule has 116 valence electrons. The third-order valence-electron chi connectivity index (χ3n) is 3.44. The van der Waals surface area contributed by atoms with Gasteiger partial charge in [0.15, 0.2) is 0 Å². The van der Waals surface area contributed by atoms with Crippen LogP contribution in [0.3, 0.4) is 0 Å². The lowest BCUT2D eigenvalue weighted by molar-refractivity contribution is -0.137. The Balaban J connectivity index is 1.76. The fraction of sp³-hybridized carbons (Fsp3) is 0.571. The number of aromatic carboxylic acids is 1. The van der Waals surface area contributed by atoms with Crippen molar-refractivity contribution in [2.24, 2.45) is 0 Å². The summed E-state index contributed by atoms with van der Waals surface area (Å²) in [6.45, 7) is 2.43. The van der Waals surface area contributed by atoms with Gasteiger partial charge in [0.2, 0.25) is 5.76 Å². The van der Waals surface area contributed by atoms with Gasteiger partial charge < -0.3 is 19.5 Å². The van der Waals surface area contributed by atoms with E-state index in [2.05, 4.69) is 4.90 Å². The zero-order valence-electron chi connectivity index (χ0n) is 11.7. The summed E-state index contributed by atoms with van der Waals surface area (Å²) in [7, 11) is 0. The lowest BCUT2D eigenvalue weighted by atomic mass is 10.1. The van der Waals surface area contributed by atoms with Crippen molar-refractivity contribution in [1.29, 1.82) is 0 Å². The third-order valence-corrected chi connectivity index (χ3v) is 4.75. The Morgan fingerprint density at radius 3 is 2.86 bits per heavy atom. The van der Waals surface area contributed by atoms with Crippen LogP contribution < -0.4 is 0 Å². The molecule has 1 aromatic rings. The Labute approximate surface area is 127 Å². The molecule has 1 aromatic heterocycles. The summed E-state index contributed by atoms with van der Waals surface area (Å²) >= 11 is 1.74. The Hall–Kier alpha value is -1.47. The maximum absolute atomic E-state index is 10.7. The van der Waals surface area contributed by atoms with E-state index in [-0.39, 0.29) is 12.2 Å². The molecule has 0 aromatic carbocycles. The highest BCUT2D eigenvalue weighted by Crippen LogP contribution is 2.26. The van der Waals surface area contributed by atoms with Crippen LogP contribution in [0.15, 0.2) is 16.5 Å². The molecule has 6 nitrogen and oxygen atoms in total. The molecule has 0 bridgehead atoms. The lowest BCUT2D eigenvalue weighted by Crippen LogP contribution is -2.38. The Kier molecular flexibility index (Phi) is 5.69. The van der Waals surface area contributed by atoms with Crippen LogP contribution in [0.25, 0.3) is 0 Å². The van der Waals surface area contributed by atoms with Gasteiger partial charge in [-0.05, 0) is 31.5 Å². The number of furan rings is 1. The molecular weight excluding hydrogens is 294 g/mol. The number of nitrogens with zero attached hydrogens (tertiary/aromatic N) is 1. The molecule has 2 heterocycles. The number of thioether (sulfide) groups is 1. The molecule has 0 aliphatic carbocycles. The van der Waals surface area contributed by atoms with Crippen LogP contribution in [0, 0.1) is 0 Å². The lowest BCUT2D eigenvalue weighted by Gasteiger charge is -2.31. The van der Waals surface area contributed by atoms with Gasteiger partial charge in [-0.25, -0.2) is 4.79 Å². The van der Waals surface area contributed by atoms with Crippen molar-refractivity contribution < 1.29 is 24.2 Å². The summed E-state index contributed by atoms with van der Waals surface area (Å²) in [4.78, 5) is 23.5. The molecule has 1 atom stereocenters. The second kappa shape index (κ2) is 7.51. The van der Waals surface area contributed by atoms with E-state index in [1.54, 1.807) is 17.8 Å². The van der Waals surface area contributed by atoms with E-state index in [4.69, 9.17) is 14.6 Å². The van der Waals surface area contributed by atoms with E-state index in [0.717, 1.165) is 25.9 Å². The first-order valence-corrected chi connectivity index (χ1v) is 7.97. The summed E-state index contributed by atoms with van der Waals surface area (Å²) in [6.07, 6.45) is 2.34. The highest BCUT2D eigenvalue weighted by Gasteiger charge is 2.21. The van der Waals surface area contributed by atoms with Crippen LogP contribution in [0.5, 0.6) is 0 Å². The number of rotatable bonds is 7. The number of piperidine rings is 1. The highest BCUT2D eigenvalue weighted by atomic mass is 32.2. The first kappa shape index (κ1) is 15.9. The number of hydrogen-bond acceptors (Lipinski definition) is 5. The Bertz CT molecular complexity index is 501. The molecule has 0 amide bonds. The summed E-state index contributed by atoms with van der Waals surface area (Å²) in [5.41, 5.74) is 0. The van der Waals surface area contributed by atoms with Crippen molar-refractivity contribution in [2.45, 2.75) is 30.3 Å². The van der Waals surface area contributed by atoms with Crippen molar-refractivity contribution >= 4 is 23.7 Å². The van der Waals surface area contributed by atoms with E-state index in [0.29, 0.717) is 23.3 Å². The molecule has 1 aliphatic rings. The van der Waals surface area contributed by atoms with Gasteiger partial charge in [-0.1, -0.05) is 0 Å². The van der Waals surface area contributed by atoms with Crippen LogP contribution >= 0.6 is 11.8 Å². The number of carboxylic acid groups (broad SMARTS) is 2. The molecule has 0 saturated carbocycles. The molecule has 0 radical (unpaired) electrons. The van der Waals surface area contributed by atoms with Crippen LogP contribution in [0.1, 0.15) is 35.6 Å². The monoisotopic (exact) mass is 313 g/mol. The van der Waals surface area contributed by atoms with Crippen LogP contribution in [0.4, 0.5) is 0 Å². The van der Waals surface area contributed by atoms with Gasteiger partial charge in [0.25, 0.3) is 0 Å². The fourth-order valence-electron chi connectivity index (χ4n) is 2.38. The van der Waals surface area contributed by atoms with Gasteiger partial charge in [0, 0.05) is 18.3 Å². The number of carboxylic acids is 2. The first-order chi connectivity index (χ1) is 10.0. The molecule has 1 aliphatic heterocycles. The molecule has 1 unspecified atom stereocenters. The van der Waals surface area contributed by atoms with Crippen molar-refractivity contribution in [1.82, 2.24) is 4.90 Å². The van der Waals surface area contributed by atoms with Gasteiger partial charge in [-0.15, -0.1) is 11.8 Å². The molecular formula is C14H19NO5S. The predicted molar refractivity (Wildman–Crippen MR) is 78.7 cm³/mol. The van der Waals surface area contributed by atoms with Gasteiger partial charge in [0.1, 0.15) is 5.76 Å². The molecule has 21 heavy (non-hydrogen) atoms. The maximum Gasteiger partial charge on any atom is 0.371 e. The topological polar surface area (TPSA) is 91.0 Å². The number of carbonyl (C=O) groups is 2. The zero-order valence-corrected chi connectivity index (χ0v) is 12.5. The molecule has 2 rings (SSSR count). The quantitative estimate of drug-likeness (QED) is 0.797. The van der Waals surface area contributed by atoms with E-state index in [9.17, 15) is 9.59 Å². The number of aliphatic carboxylic acids is 1. The van der Waals surface area contributed by atoms with Gasteiger partial charge in [-0.3, -0.25) is 4.79 Å². The first-order valence-electron chi connectivity index (χ1n) is 6.92. The smallest absolute Gasteiger partial charge is 0.371 e.